The van der Waals surface area contributed by atoms with E-state index in [9.17, 15) is 4.79 Å². The number of ether oxygens (including phenoxy) is 1. The molecule has 0 radical (unpaired) electrons. The molecule has 1 amide bonds. The van der Waals surface area contributed by atoms with Gasteiger partial charge in [0.2, 0.25) is 0 Å². The molecular weight excluding hydrogens is 316 g/mol. The molecule has 6 heteroatoms. The minimum Gasteiger partial charge on any atom is -0.381 e. The van der Waals surface area contributed by atoms with Crippen LogP contribution in [-0.4, -0.2) is 52.1 Å². The van der Waals surface area contributed by atoms with E-state index < -0.39 is 0 Å². The van der Waals surface area contributed by atoms with E-state index in [1.807, 2.05) is 29.4 Å². The average molecular weight is 338 g/mol. The van der Waals surface area contributed by atoms with E-state index in [1.54, 1.807) is 12.3 Å². The van der Waals surface area contributed by atoms with E-state index >= 15 is 0 Å². The van der Waals surface area contributed by atoms with Gasteiger partial charge in [-0.25, -0.2) is 9.97 Å². The molecule has 2 aromatic rings. The average Bonchev–Trinajstić information content (AvgIpc) is 3.40. The lowest BCUT2D eigenvalue weighted by Crippen LogP contribution is -2.30. The summed E-state index contributed by atoms with van der Waals surface area (Å²) in [6.07, 6.45) is 9.22. The van der Waals surface area contributed by atoms with Gasteiger partial charge in [-0.3, -0.25) is 9.78 Å². The second kappa shape index (κ2) is 7.27. The van der Waals surface area contributed by atoms with Crippen molar-refractivity contribution in [3.05, 3.63) is 54.4 Å². The van der Waals surface area contributed by atoms with Crippen LogP contribution in [0.15, 0.2) is 43.1 Å². The van der Waals surface area contributed by atoms with Crippen LogP contribution in [0.3, 0.4) is 0 Å². The highest BCUT2D eigenvalue weighted by Gasteiger charge is 2.37. The number of hydrogen-bond acceptors (Lipinski definition) is 5. The van der Waals surface area contributed by atoms with Crippen molar-refractivity contribution in [3.63, 3.8) is 0 Å². The Balaban J connectivity index is 1.48. The number of likely N-dealkylation sites (tertiary alicyclic amines) is 1. The Morgan fingerprint density at radius 1 is 1.08 bits per heavy atom. The molecule has 130 valence electrons. The molecule has 1 aliphatic carbocycles. The standard InChI is InChI=1S/C19H22N4O2/c24-19(18-5-8-21-13-22-18)23-9-16(12-25-11-14-1-2-14)17(10-23)15-3-6-20-7-4-15/h3-8,13-14,16-17H,1-2,9-12H2/t16-,17-/m0/s1. The van der Waals surface area contributed by atoms with Crippen molar-refractivity contribution in [2.24, 2.45) is 11.8 Å². The van der Waals surface area contributed by atoms with E-state index in [-0.39, 0.29) is 11.8 Å². The number of pyridine rings is 1. The zero-order valence-corrected chi connectivity index (χ0v) is 14.1. The molecule has 1 saturated heterocycles. The number of aromatic nitrogens is 3. The number of rotatable bonds is 6. The fraction of sp³-hybridized carbons (Fsp3) is 0.474. The summed E-state index contributed by atoms with van der Waals surface area (Å²) < 4.78 is 5.95. The third kappa shape index (κ3) is 3.85. The lowest BCUT2D eigenvalue weighted by Gasteiger charge is -2.18. The minimum atomic E-state index is -0.0360. The van der Waals surface area contributed by atoms with Gasteiger partial charge in [0.1, 0.15) is 12.0 Å². The van der Waals surface area contributed by atoms with Crippen LogP contribution in [0, 0.1) is 11.8 Å². The van der Waals surface area contributed by atoms with Gasteiger partial charge in [0, 0.05) is 50.1 Å². The Morgan fingerprint density at radius 2 is 1.88 bits per heavy atom. The Labute approximate surface area is 147 Å². The fourth-order valence-electron chi connectivity index (χ4n) is 3.44. The van der Waals surface area contributed by atoms with E-state index in [0.717, 1.165) is 12.5 Å². The van der Waals surface area contributed by atoms with Crippen molar-refractivity contribution in [3.8, 4) is 0 Å². The minimum absolute atomic E-state index is 0.0360. The van der Waals surface area contributed by atoms with Gasteiger partial charge in [0.15, 0.2) is 0 Å². The molecule has 6 nitrogen and oxygen atoms in total. The summed E-state index contributed by atoms with van der Waals surface area (Å²) in [5, 5.41) is 0. The first-order chi connectivity index (χ1) is 12.3. The van der Waals surface area contributed by atoms with Crippen molar-refractivity contribution < 1.29 is 9.53 Å². The zero-order chi connectivity index (χ0) is 17.1. The smallest absolute Gasteiger partial charge is 0.272 e. The number of nitrogens with zero attached hydrogens (tertiary/aromatic N) is 4. The van der Waals surface area contributed by atoms with Crippen LogP contribution in [0.1, 0.15) is 34.8 Å². The molecule has 1 saturated carbocycles. The Morgan fingerprint density at radius 3 is 2.60 bits per heavy atom. The van der Waals surface area contributed by atoms with E-state index in [0.29, 0.717) is 31.3 Å². The molecule has 3 heterocycles. The maximum Gasteiger partial charge on any atom is 0.272 e. The van der Waals surface area contributed by atoms with Crippen LogP contribution in [0.25, 0.3) is 0 Å². The first kappa shape index (κ1) is 16.1. The monoisotopic (exact) mass is 338 g/mol. The predicted molar refractivity (Wildman–Crippen MR) is 91.9 cm³/mol. The number of amides is 1. The van der Waals surface area contributed by atoms with Crippen LogP contribution in [0.2, 0.25) is 0 Å². The summed E-state index contributed by atoms with van der Waals surface area (Å²) in [6.45, 7) is 2.92. The second-order valence-electron chi connectivity index (χ2n) is 6.93. The summed E-state index contributed by atoms with van der Waals surface area (Å²) >= 11 is 0. The Kier molecular flexibility index (Phi) is 4.70. The van der Waals surface area contributed by atoms with Gasteiger partial charge < -0.3 is 9.64 Å². The van der Waals surface area contributed by atoms with E-state index in [2.05, 4.69) is 15.0 Å². The summed E-state index contributed by atoms with van der Waals surface area (Å²) in [4.78, 5) is 26.7. The lowest BCUT2D eigenvalue weighted by atomic mass is 9.90. The topological polar surface area (TPSA) is 68.2 Å². The quantitative estimate of drug-likeness (QED) is 0.807. The molecule has 2 aliphatic rings. The van der Waals surface area contributed by atoms with E-state index in [1.165, 1.54) is 24.7 Å². The SMILES string of the molecule is O=C(c1ccncn1)N1C[C@@H](COCC2CC2)[C@H](c2ccncc2)C1. The molecule has 2 atom stereocenters. The molecule has 0 N–H and O–H groups in total. The zero-order valence-electron chi connectivity index (χ0n) is 14.1. The summed E-state index contributed by atoms with van der Waals surface area (Å²) in [7, 11) is 0. The normalized spacial score (nSPS) is 23.0. The molecule has 0 unspecified atom stereocenters. The van der Waals surface area contributed by atoms with Gasteiger partial charge in [-0.15, -0.1) is 0 Å². The molecule has 4 rings (SSSR count). The van der Waals surface area contributed by atoms with Crippen molar-refractivity contribution in [1.29, 1.82) is 0 Å². The van der Waals surface area contributed by atoms with Crippen LogP contribution >= 0.6 is 0 Å². The van der Waals surface area contributed by atoms with Crippen molar-refractivity contribution in [1.82, 2.24) is 19.9 Å². The third-order valence-corrected chi connectivity index (χ3v) is 5.05. The Bertz CT molecular complexity index is 706. The van der Waals surface area contributed by atoms with Crippen LogP contribution in [0.4, 0.5) is 0 Å². The van der Waals surface area contributed by atoms with Gasteiger partial charge in [0.25, 0.3) is 5.91 Å². The molecule has 0 bridgehead atoms. The molecular formula is C19H22N4O2. The largest absolute Gasteiger partial charge is 0.381 e. The van der Waals surface area contributed by atoms with Crippen LogP contribution in [-0.2, 0) is 4.74 Å². The number of hydrogen-bond donors (Lipinski definition) is 0. The van der Waals surface area contributed by atoms with Gasteiger partial charge in [-0.2, -0.15) is 0 Å². The highest BCUT2D eigenvalue weighted by molar-refractivity contribution is 5.92. The molecule has 2 fully saturated rings. The number of carbonyl (C=O) groups is 1. The molecule has 0 spiro atoms. The highest BCUT2D eigenvalue weighted by Crippen LogP contribution is 2.34. The first-order valence-corrected chi connectivity index (χ1v) is 8.84. The first-order valence-electron chi connectivity index (χ1n) is 8.84. The maximum absolute atomic E-state index is 12.7. The van der Waals surface area contributed by atoms with Gasteiger partial charge in [-0.1, -0.05) is 0 Å². The lowest BCUT2D eigenvalue weighted by molar-refractivity contribution is 0.0735. The van der Waals surface area contributed by atoms with Crippen molar-refractivity contribution >= 4 is 5.91 Å². The summed E-state index contributed by atoms with van der Waals surface area (Å²) in [5.41, 5.74) is 1.66. The van der Waals surface area contributed by atoms with Crippen molar-refractivity contribution in [2.75, 3.05) is 26.3 Å². The van der Waals surface area contributed by atoms with Crippen LogP contribution < -0.4 is 0 Å². The van der Waals surface area contributed by atoms with Crippen molar-refractivity contribution in [2.45, 2.75) is 18.8 Å². The molecule has 0 aromatic carbocycles. The van der Waals surface area contributed by atoms with E-state index in [4.69, 9.17) is 4.74 Å². The molecule has 2 aromatic heterocycles. The fourth-order valence-corrected chi connectivity index (χ4v) is 3.44. The van der Waals surface area contributed by atoms with Gasteiger partial charge in [0.05, 0.1) is 6.61 Å². The molecule has 25 heavy (non-hydrogen) atoms. The van der Waals surface area contributed by atoms with Crippen LogP contribution in [0.5, 0.6) is 0 Å². The number of carbonyl (C=O) groups excluding carboxylic acids is 1. The summed E-state index contributed by atoms with van der Waals surface area (Å²) in [5.74, 6) is 1.28. The summed E-state index contributed by atoms with van der Waals surface area (Å²) in [6, 6.07) is 5.75. The predicted octanol–water partition coefficient (Wildman–Crippen LogP) is 2.15. The van der Waals surface area contributed by atoms with Gasteiger partial charge >= 0.3 is 0 Å². The third-order valence-electron chi connectivity index (χ3n) is 5.05. The maximum atomic E-state index is 12.7. The molecule has 1 aliphatic heterocycles. The van der Waals surface area contributed by atoms with Gasteiger partial charge in [-0.05, 0) is 42.5 Å². The Hall–Kier alpha value is -2.34. The second-order valence-corrected chi connectivity index (χ2v) is 6.93. The highest BCUT2D eigenvalue weighted by atomic mass is 16.5.